The first kappa shape index (κ1) is 18.5. The van der Waals surface area contributed by atoms with Gasteiger partial charge in [0.15, 0.2) is 0 Å². The summed E-state index contributed by atoms with van der Waals surface area (Å²) in [6.07, 6.45) is 17.4. The van der Waals surface area contributed by atoms with E-state index in [4.69, 9.17) is 0 Å². The average Bonchev–Trinajstić information content (AvgIpc) is 2.44. The van der Waals surface area contributed by atoms with Crippen LogP contribution in [0.5, 0.6) is 0 Å². The van der Waals surface area contributed by atoms with Crippen LogP contribution >= 0.6 is 0 Å². The number of hydrogen-bond acceptors (Lipinski definition) is 1. The highest BCUT2D eigenvalue weighted by Crippen LogP contribution is 2.11. The molecule has 2 heteroatoms. The van der Waals surface area contributed by atoms with Gasteiger partial charge in [0.1, 0.15) is 0 Å². The van der Waals surface area contributed by atoms with Crippen molar-refractivity contribution in [3.63, 3.8) is 0 Å². The van der Waals surface area contributed by atoms with Crippen molar-refractivity contribution in [2.24, 2.45) is 0 Å². The van der Waals surface area contributed by atoms with Gasteiger partial charge in [-0.05, 0) is 13.3 Å². The third-order valence-electron chi connectivity index (χ3n) is 3.85. The second kappa shape index (κ2) is 15.5. The Balaban J connectivity index is 3.04. The first-order valence-corrected chi connectivity index (χ1v) is 8.54. The molecule has 0 aliphatic rings. The zero-order chi connectivity index (χ0) is 14.2. The second-order valence-corrected chi connectivity index (χ2v) is 5.62. The van der Waals surface area contributed by atoms with E-state index in [-0.39, 0.29) is 0 Å². The minimum Gasteiger partial charge on any atom is -0.346 e. The molecule has 2 nitrogen and oxygen atoms in total. The van der Waals surface area contributed by atoms with Crippen LogP contribution in [-0.4, -0.2) is 24.4 Å². The first-order chi connectivity index (χ1) is 9.35. The Hall–Kier alpha value is -0.530. The number of carbonyl (C=O) groups is 1. The molecule has 0 saturated carbocycles. The van der Waals surface area contributed by atoms with Gasteiger partial charge >= 0.3 is 0 Å². The molecule has 0 aliphatic carbocycles. The van der Waals surface area contributed by atoms with E-state index in [2.05, 4.69) is 6.92 Å². The Morgan fingerprint density at radius 3 is 1.47 bits per heavy atom. The van der Waals surface area contributed by atoms with E-state index in [1.807, 2.05) is 11.8 Å². The van der Waals surface area contributed by atoms with Crippen LogP contribution in [-0.2, 0) is 4.79 Å². The van der Waals surface area contributed by atoms with Gasteiger partial charge in [-0.2, -0.15) is 0 Å². The summed E-state index contributed by atoms with van der Waals surface area (Å²) in [5.74, 6) is 0. The molecule has 0 bridgehead atoms. The lowest BCUT2D eigenvalue weighted by molar-refractivity contribution is -0.118. The molecule has 0 atom stereocenters. The normalized spacial score (nSPS) is 10.6. The minimum absolute atomic E-state index is 0.849. The van der Waals surface area contributed by atoms with Crippen LogP contribution in [0.2, 0.25) is 0 Å². The predicted molar refractivity (Wildman–Crippen MR) is 84.4 cm³/mol. The van der Waals surface area contributed by atoms with E-state index >= 15 is 0 Å². The monoisotopic (exact) mass is 269 g/mol. The molecule has 0 rings (SSSR count). The maximum absolute atomic E-state index is 10.6. The zero-order valence-electron chi connectivity index (χ0n) is 13.3. The number of nitrogens with zero attached hydrogens (tertiary/aromatic N) is 1. The highest BCUT2D eigenvalue weighted by molar-refractivity contribution is 5.46. The maximum Gasteiger partial charge on any atom is 0.209 e. The summed E-state index contributed by atoms with van der Waals surface area (Å²) < 4.78 is 0. The van der Waals surface area contributed by atoms with E-state index in [1.54, 1.807) is 0 Å². The van der Waals surface area contributed by atoms with Crippen molar-refractivity contribution in [2.75, 3.05) is 13.1 Å². The van der Waals surface area contributed by atoms with Gasteiger partial charge < -0.3 is 4.90 Å². The standard InChI is InChI=1S/C17H35NO/c1-3-5-6-7-8-9-10-11-12-13-14-15-16-18(4-2)17-19/h17H,3-16H2,1-2H3. The number of unbranched alkanes of at least 4 members (excludes halogenated alkanes) is 11. The molecule has 0 aromatic heterocycles. The zero-order valence-corrected chi connectivity index (χ0v) is 13.3. The van der Waals surface area contributed by atoms with Crippen LogP contribution in [0.4, 0.5) is 0 Å². The quantitative estimate of drug-likeness (QED) is 0.297. The van der Waals surface area contributed by atoms with Gasteiger partial charge in [0.05, 0.1) is 0 Å². The van der Waals surface area contributed by atoms with Crippen molar-refractivity contribution >= 4 is 6.41 Å². The molecule has 0 radical (unpaired) electrons. The Morgan fingerprint density at radius 2 is 1.11 bits per heavy atom. The SMILES string of the molecule is CCCCCCCCCCCCCCN(C=O)CC. The van der Waals surface area contributed by atoms with Crippen LogP contribution in [0.3, 0.4) is 0 Å². The Bertz CT molecular complexity index is 182. The summed E-state index contributed by atoms with van der Waals surface area (Å²) in [5.41, 5.74) is 0. The molecule has 114 valence electrons. The molecule has 0 aromatic rings. The molecule has 0 aromatic carbocycles. The molecule has 0 heterocycles. The molecule has 0 saturated heterocycles. The third-order valence-corrected chi connectivity index (χ3v) is 3.85. The molecule has 0 aliphatic heterocycles. The number of hydrogen-bond donors (Lipinski definition) is 0. The van der Waals surface area contributed by atoms with Gasteiger partial charge in [-0.3, -0.25) is 4.79 Å². The van der Waals surface area contributed by atoms with Crippen molar-refractivity contribution in [3.8, 4) is 0 Å². The Morgan fingerprint density at radius 1 is 0.684 bits per heavy atom. The molecule has 0 spiro atoms. The summed E-state index contributed by atoms with van der Waals surface area (Å²) in [6, 6.07) is 0. The maximum atomic E-state index is 10.6. The lowest BCUT2D eigenvalue weighted by atomic mass is 10.1. The molecule has 19 heavy (non-hydrogen) atoms. The van der Waals surface area contributed by atoms with E-state index < -0.39 is 0 Å². The first-order valence-electron chi connectivity index (χ1n) is 8.54. The second-order valence-electron chi connectivity index (χ2n) is 5.62. The van der Waals surface area contributed by atoms with Crippen LogP contribution in [0.15, 0.2) is 0 Å². The largest absolute Gasteiger partial charge is 0.346 e. The molecular formula is C17H35NO. The average molecular weight is 269 g/mol. The summed E-state index contributed by atoms with van der Waals surface area (Å²) in [6.45, 7) is 6.10. The van der Waals surface area contributed by atoms with Crippen molar-refractivity contribution in [2.45, 2.75) is 90.9 Å². The van der Waals surface area contributed by atoms with Crippen LogP contribution in [0.25, 0.3) is 0 Å². The van der Waals surface area contributed by atoms with Crippen molar-refractivity contribution in [1.82, 2.24) is 4.90 Å². The van der Waals surface area contributed by atoms with E-state index in [0.717, 1.165) is 19.5 Å². The topological polar surface area (TPSA) is 20.3 Å². The van der Waals surface area contributed by atoms with Gasteiger partial charge in [-0.1, -0.05) is 77.6 Å². The number of rotatable bonds is 15. The predicted octanol–water partition coefficient (Wildman–Crippen LogP) is 5.17. The fourth-order valence-electron chi connectivity index (χ4n) is 2.44. The van der Waals surface area contributed by atoms with E-state index in [1.165, 1.54) is 77.0 Å². The van der Waals surface area contributed by atoms with E-state index in [9.17, 15) is 4.79 Å². The van der Waals surface area contributed by atoms with Crippen LogP contribution in [0, 0.1) is 0 Å². The van der Waals surface area contributed by atoms with E-state index in [0.29, 0.717) is 0 Å². The molecule has 0 N–H and O–H groups in total. The lowest BCUT2D eigenvalue weighted by Gasteiger charge is -2.13. The Kier molecular flexibility index (Phi) is 15.1. The van der Waals surface area contributed by atoms with Gasteiger partial charge in [-0.15, -0.1) is 0 Å². The van der Waals surface area contributed by atoms with Gasteiger partial charge in [0.2, 0.25) is 6.41 Å². The fourth-order valence-corrected chi connectivity index (χ4v) is 2.44. The fraction of sp³-hybridized carbons (Fsp3) is 0.941. The van der Waals surface area contributed by atoms with Crippen molar-refractivity contribution in [3.05, 3.63) is 0 Å². The summed E-state index contributed by atoms with van der Waals surface area (Å²) in [7, 11) is 0. The summed E-state index contributed by atoms with van der Waals surface area (Å²) in [5, 5.41) is 0. The molecule has 1 amide bonds. The molecule has 0 unspecified atom stereocenters. The van der Waals surface area contributed by atoms with Crippen LogP contribution in [0.1, 0.15) is 90.9 Å². The smallest absolute Gasteiger partial charge is 0.209 e. The van der Waals surface area contributed by atoms with Crippen molar-refractivity contribution in [1.29, 1.82) is 0 Å². The summed E-state index contributed by atoms with van der Waals surface area (Å²) >= 11 is 0. The number of carbonyl (C=O) groups excluding carboxylic acids is 1. The highest BCUT2D eigenvalue weighted by Gasteiger charge is 1.97. The van der Waals surface area contributed by atoms with Gasteiger partial charge in [-0.25, -0.2) is 0 Å². The summed E-state index contributed by atoms with van der Waals surface area (Å²) in [4.78, 5) is 12.5. The van der Waals surface area contributed by atoms with Crippen LogP contribution < -0.4 is 0 Å². The highest BCUT2D eigenvalue weighted by atomic mass is 16.1. The third kappa shape index (κ3) is 13.7. The molecule has 0 fully saturated rings. The van der Waals surface area contributed by atoms with Gasteiger partial charge in [0, 0.05) is 13.1 Å². The minimum atomic E-state index is 0.849. The lowest BCUT2D eigenvalue weighted by Crippen LogP contribution is -2.22. The van der Waals surface area contributed by atoms with Crippen molar-refractivity contribution < 1.29 is 4.79 Å². The Labute approximate surface area is 120 Å². The number of amides is 1. The van der Waals surface area contributed by atoms with Gasteiger partial charge in [0.25, 0.3) is 0 Å². The molecular weight excluding hydrogens is 234 g/mol.